The highest BCUT2D eigenvalue weighted by Crippen LogP contribution is 2.41. The molecule has 0 spiro atoms. The second-order valence-corrected chi connectivity index (χ2v) is 6.60. The number of hydrogen-bond donors (Lipinski definition) is 1. The van der Waals surface area contributed by atoms with Crippen molar-refractivity contribution in [1.29, 1.82) is 0 Å². The number of ether oxygens (including phenoxy) is 2. The number of carbonyl (C=O) groups is 1. The molecule has 8 nitrogen and oxygen atoms in total. The summed E-state index contributed by atoms with van der Waals surface area (Å²) in [5, 5.41) is 7.10. The molecule has 0 aliphatic carbocycles. The van der Waals surface area contributed by atoms with Crippen molar-refractivity contribution >= 4 is 23.1 Å². The first-order valence-corrected chi connectivity index (χ1v) is 8.82. The number of nitrogens with zero attached hydrogens (tertiary/aromatic N) is 4. The summed E-state index contributed by atoms with van der Waals surface area (Å²) in [5.74, 6) is 1.89. The molecule has 2 aromatic heterocycles. The third-order valence-corrected chi connectivity index (χ3v) is 4.27. The fraction of sp³-hybridized carbons (Fsp3) is 0.316. The zero-order chi connectivity index (χ0) is 19.0. The van der Waals surface area contributed by atoms with E-state index in [0.717, 1.165) is 5.69 Å². The lowest BCUT2D eigenvalue weighted by Gasteiger charge is -2.26. The Balaban J connectivity index is 1.73. The minimum Gasteiger partial charge on any atom is -0.486 e. The van der Waals surface area contributed by atoms with Gasteiger partial charge < -0.3 is 19.7 Å². The average molecular weight is 367 g/mol. The Bertz CT molecular complexity index is 998. The van der Waals surface area contributed by atoms with Gasteiger partial charge in [0, 0.05) is 19.3 Å². The predicted molar refractivity (Wildman–Crippen MR) is 101 cm³/mol. The van der Waals surface area contributed by atoms with Crippen LogP contribution in [-0.2, 0) is 0 Å². The molecule has 1 aliphatic rings. The SMILES string of the molecule is CC(C)NC(=O)c1cnn2ccc(N(C)c3cccc4c3OCCO4)nc12. The molecular formula is C19H21N5O3. The van der Waals surface area contributed by atoms with Crippen LogP contribution in [0, 0.1) is 0 Å². The van der Waals surface area contributed by atoms with Crippen LogP contribution in [0.2, 0.25) is 0 Å². The first kappa shape index (κ1) is 17.1. The molecule has 0 saturated carbocycles. The summed E-state index contributed by atoms with van der Waals surface area (Å²) in [6.45, 7) is 4.87. The molecule has 8 heteroatoms. The molecule has 0 saturated heterocycles. The van der Waals surface area contributed by atoms with Crippen molar-refractivity contribution in [3.63, 3.8) is 0 Å². The van der Waals surface area contributed by atoms with Gasteiger partial charge >= 0.3 is 0 Å². The number of aromatic nitrogens is 3. The Morgan fingerprint density at radius 3 is 2.89 bits per heavy atom. The van der Waals surface area contributed by atoms with E-state index in [1.165, 1.54) is 6.20 Å². The molecule has 0 unspecified atom stereocenters. The van der Waals surface area contributed by atoms with Gasteiger partial charge in [0.05, 0.1) is 11.9 Å². The first-order valence-electron chi connectivity index (χ1n) is 8.82. The van der Waals surface area contributed by atoms with E-state index in [1.807, 2.05) is 50.1 Å². The van der Waals surface area contributed by atoms with Crippen LogP contribution in [0.5, 0.6) is 11.5 Å². The molecule has 3 heterocycles. The second-order valence-electron chi connectivity index (χ2n) is 6.60. The van der Waals surface area contributed by atoms with Crippen LogP contribution in [0.4, 0.5) is 11.5 Å². The van der Waals surface area contributed by atoms with E-state index in [-0.39, 0.29) is 11.9 Å². The largest absolute Gasteiger partial charge is 0.486 e. The summed E-state index contributed by atoms with van der Waals surface area (Å²) in [6.07, 6.45) is 3.32. The molecule has 1 N–H and O–H groups in total. The minimum absolute atomic E-state index is 0.0336. The summed E-state index contributed by atoms with van der Waals surface area (Å²) in [6, 6.07) is 7.62. The van der Waals surface area contributed by atoms with Crippen molar-refractivity contribution in [2.24, 2.45) is 0 Å². The zero-order valence-corrected chi connectivity index (χ0v) is 15.5. The highest BCUT2D eigenvalue weighted by molar-refractivity contribution is 5.99. The predicted octanol–water partition coefficient (Wildman–Crippen LogP) is 2.41. The van der Waals surface area contributed by atoms with Crippen LogP contribution in [-0.4, -0.2) is 46.8 Å². The molecule has 0 bridgehead atoms. The van der Waals surface area contributed by atoms with Gasteiger partial charge in [-0.3, -0.25) is 4.79 Å². The Morgan fingerprint density at radius 2 is 2.07 bits per heavy atom. The number of carbonyl (C=O) groups excluding carboxylic acids is 1. The zero-order valence-electron chi connectivity index (χ0n) is 15.5. The average Bonchev–Trinajstić information content (AvgIpc) is 3.10. The van der Waals surface area contributed by atoms with E-state index in [9.17, 15) is 4.79 Å². The molecule has 1 amide bonds. The van der Waals surface area contributed by atoms with E-state index in [2.05, 4.69) is 15.4 Å². The minimum atomic E-state index is -0.193. The summed E-state index contributed by atoms with van der Waals surface area (Å²) in [5.41, 5.74) is 1.78. The fourth-order valence-corrected chi connectivity index (χ4v) is 2.99. The fourth-order valence-electron chi connectivity index (χ4n) is 2.99. The number of anilines is 2. The van der Waals surface area contributed by atoms with Crippen LogP contribution in [0.15, 0.2) is 36.7 Å². The van der Waals surface area contributed by atoms with Crippen molar-refractivity contribution in [2.75, 3.05) is 25.2 Å². The van der Waals surface area contributed by atoms with Gasteiger partial charge in [-0.1, -0.05) is 6.07 Å². The van der Waals surface area contributed by atoms with Gasteiger partial charge in [0.25, 0.3) is 5.91 Å². The van der Waals surface area contributed by atoms with Crippen LogP contribution < -0.4 is 19.7 Å². The van der Waals surface area contributed by atoms with E-state index < -0.39 is 0 Å². The third-order valence-electron chi connectivity index (χ3n) is 4.27. The maximum Gasteiger partial charge on any atom is 0.256 e. The summed E-state index contributed by atoms with van der Waals surface area (Å²) in [4.78, 5) is 19.0. The summed E-state index contributed by atoms with van der Waals surface area (Å²) < 4.78 is 13.0. The number of benzene rings is 1. The Kier molecular flexibility index (Phi) is 4.31. The van der Waals surface area contributed by atoms with E-state index in [0.29, 0.717) is 41.7 Å². The van der Waals surface area contributed by atoms with Crippen LogP contribution in [0.25, 0.3) is 5.65 Å². The molecule has 3 aromatic rings. The molecule has 0 atom stereocenters. The van der Waals surface area contributed by atoms with Crippen molar-refractivity contribution in [3.05, 3.63) is 42.2 Å². The topological polar surface area (TPSA) is 81.0 Å². The Labute approximate surface area is 156 Å². The van der Waals surface area contributed by atoms with Crippen molar-refractivity contribution in [2.45, 2.75) is 19.9 Å². The van der Waals surface area contributed by atoms with Crippen molar-refractivity contribution in [3.8, 4) is 11.5 Å². The smallest absolute Gasteiger partial charge is 0.256 e. The second kappa shape index (κ2) is 6.79. The van der Waals surface area contributed by atoms with Crippen molar-refractivity contribution < 1.29 is 14.3 Å². The Morgan fingerprint density at radius 1 is 1.26 bits per heavy atom. The summed E-state index contributed by atoms with van der Waals surface area (Å²) in [7, 11) is 1.90. The number of rotatable bonds is 4. The van der Waals surface area contributed by atoms with Crippen molar-refractivity contribution in [1.82, 2.24) is 19.9 Å². The molecule has 27 heavy (non-hydrogen) atoms. The lowest BCUT2D eigenvalue weighted by atomic mass is 10.2. The van der Waals surface area contributed by atoms with Gasteiger partial charge in [-0.2, -0.15) is 5.10 Å². The quantitative estimate of drug-likeness (QED) is 0.763. The highest BCUT2D eigenvalue weighted by Gasteiger charge is 2.21. The van der Waals surface area contributed by atoms with Gasteiger partial charge in [0.1, 0.15) is 24.6 Å². The van der Waals surface area contributed by atoms with Gasteiger partial charge in [-0.05, 0) is 32.0 Å². The van der Waals surface area contributed by atoms with E-state index >= 15 is 0 Å². The van der Waals surface area contributed by atoms with Gasteiger partial charge in [0.15, 0.2) is 17.1 Å². The van der Waals surface area contributed by atoms with Crippen LogP contribution in [0.1, 0.15) is 24.2 Å². The van der Waals surface area contributed by atoms with Gasteiger partial charge in [-0.15, -0.1) is 0 Å². The lowest BCUT2D eigenvalue weighted by molar-refractivity contribution is 0.0944. The van der Waals surface area contributed by atoms with Gasteiger partial charge in [0.2, 0.25) is 0 Å². The highest BCUT2D eigenvalue weighted by atomic mass is 16.6. The lowest BCUT2D eigenvalue weighted by Crippen LogP contribution is -2.30. The molecule has 1 aliphatic heterocycles. The maximum absolute atomic E-state index is 12.4. The summed E-state index contributed by atoms with van der Waals surface area (Å²) >= 11 is 0. The number of hydrogen-bond acceptors (Lipinski definition) is 6. The number of amides is 1. The maximum atomic E-state index is 12.4. The molecule has 0 fully saturated rings. The third kappa shape index (κ3) is 3.14. The monoisotopic (exact) mass is 367 g/mol. The first-order chi connectivity index (χ1) is 13.0. The Hall–Kier alpha value is -3.29. The molecule has 140 valence electrons. The normalized spacial score (nSPS) is 13.0. The van der Waals surface area contributed by atoms with E-state index in [4.69, 9.17) is 9.47 Å². The number of fused-ring (bicyclic) bond motifs is 2. The van der Waals surface area contributed by atoms with Gasteiger partial charge in [-0.25, -0.2) is 9.50 Å². The molecule has 1 aromatic carbocycles. The molecule has 4 rings (SSSR count). The number of nitrogens with one attached hydrogen (secondary N) is 1. The van der Waals surface area contributed by atoms with Crippen LogP contribution in [0.3, 0.4) is 0 Å². The standard InChI is InChI=1S/C19H21N5O3/c1-12(2)21-19(25)13-11-20-24-8-7-16(22-18(13)24)23(3)14-5-4-6-15-17(14)27-10-9-26-15/h4-8,11-12H,9-10H2,1-3H3,(H,21,25). The molecular weight excluding hydrogens is 346 g/mol. The number of para-hydroxylation sites is 1. The van der Waals surface area contributed by atoms with E-state index in [1.54, 1.807) is 10.7 Å². The molecule has 0 radical (unpaired) electrons. The van der Waals surface area contributed by atoms with Crippen LogP contribution >= 0.6 is 0 Å².